The molecule has 0 unspecified atom stereocenters. The van der Waals surface area contributed by atoms with Crippen LogP contribution in [0.5, 0.6) is 5.75 Å². The fourth-order valence-corrected chi connectivity index (χ4v) is 4.17. The summed E-state index contributed by atoms with van der Waals surface area (Å²) in [7, 11) is 3.28. The lowest BCUT2D eigenvalue weighted by Gasteiger charge is -2.21. The van der Waals surface area contributed by atoms with Gasteiger partial charge in [-0.1, -0.05) is 12.1 Å². The molecule has 162 valence electrons. The lowest BCUT2D eigenvalue weighted by Crippen LogP contribution is -2.34. The van der Waals surface area contributed by atoms with Gasteiger partial charge in [-0.2, -0.15) is 0 Å². The maximum atomic E-state index is 13.4. The molecule has 0 spiro atoms. The molecule has 2 aromatic carbocycles. The van der Waals surface area contributed by atoms with Crippen LogP contribution in [0.1, 0.15) is 18.4 Å². The number of aliphatic hydroxyl groups is 1. The van der Waals surface area contributed by atoms with Gasteiger partial charge >= 0.3 is 0 Å². The lowest BCUT2D eigenvalue weighted by atomic mass is 10.0. The summed E-state index contributed by atoms with van der Waals surface area (Å²) >= 11 is 0. The predicted octanol–water partition coefficient (Wildman–Crippen LogP) is 2.50. The van der Waals surface area contributed by atoms with Crippen LogP contribution in [-0.4, -0.2) is 62.2 Å². The molecule has 2 aliphatic heterocycles. The molecule has 31 heavy (non-hydrogen) atoms. The zero-order chi connectivity index (χ0) is 22.0. The van der Waals surface area contributed by atoms with Gasteiger partial charge in [0.15, 0.2) is 0 Å². The van der Waals surface area contributed by atoms with Crippen LogP contribution >= 0.6 is 0 Å². The first-order valence-electron chi connectivity index (χ1n) is 10.5. The second-order valence-corrected chi connectivity index (χ2v) is 7.75. The number of hydrogen-bond acceptors (Lipinski definition) is 6. The number of amides is 2. The molecular formula is C24H27N3O4. The van der Waals surface area contributed by atoms with Crippen LogP contribution in [0.25, 0.3) is 5.57 Å². The molecule has 0 bridgehead atoms. The molecule has 0 atom stereocenters. The third-order valence-corrected chi connectivity index (χ3v) is 5.83. The average molecular weight is 421 g/mol. The van der Waals surface area contributed by atoms with E-state index in [-0.39, 0.29) is 30.7 Å². The van der Waals surface area contributed by atoms with Crippen molar-refractivity contribution < 1.29 is 19.4 Å². The number of rotatable bonds is 7. The van der Waals surface area contributed by atoms with Crippen molar-refractivity contribution in [2.24, 2.45) is 0 Å². The molecule has 1 fully saturated rings. The smallest absolute Gasteiger partial charge is 0.282 e. The van der Waals surface area contributed by atoms with Crippen molar-refractivity contribution >= 4 is 28.8 Å². The molecule has 2 amide bonds. The van der Waals surface area contributed by atoms with E-state index in [9.17, 15) is 14.7 Å². The third-order valence-electron chi connectivity index (χ3n) is 5.83. The number of aliphatic hydroxyl groups excluding tert-OH is 1. The van der Waals surface area contributed by atoms with Crippen molar-refractivity contribution in [3.05, 3.63) is 59.8 Å². The standard InChI is InChI=1S/C24H27N3O4/c1-25(15-16-28)22-21(17-5-11-20(31-2)12-6-17)23(29)27(24(22)30)19-9-7-18(8-10-19)26-13-3-4-14-26/h5-12,28H,3-4,13-16H2,1-2H3. The Morgan fingerprint density at radius 1 is 0.935 bits per heavy atom. The quantitative estimate of drug-likeness (QED) is 0.693. The fourth-order valence-electron chi connectivity index (χ4n) is 4.17. The number of carbonyl (C=O) groups excluding carboxylic acids is 2. The second-order valence-electron chi connectivity index (χ2n) is 7.75. The average Bonchev–Trinajstić information content (AvgIpc) is 3.41. The molecule has 7 heteroatoms. The van der Waals surface area contributed by atoms with Gasteiger partial charge in [-0.25, -0.2) is 4.90 Å². The Morgan fingerprint density at radius 2 is 1.55 bits per heavy atom. The summed E-state index contributed by atoms with van der Waals surface area (Å²) in [6.07, 6.45) is 2.36. The first-order valence-corrected chi connectivity index (χ1v) is 10.5. The van der Waals surface area contributed by atoms with Crippen LogP contribution in [0.3, 0.4) is 0 Å². The molecule has 0 aliphatic carbocycles. The maximum absolute atomic E-state index is 13.4. The summed E-state index contributed by atoms with van der Waals surface area (Å²) in [6.45, 7) is 2.18. The molecule has 0 saturated carbocycles. The van der Waals surface area contributed by atoms with Crippen molar-refractivity contribution in [3.8, 4) is 5.75 Å². The van der Waals surface area contributed by atoms with Crippen molar-refractivity contribution in [1.29, 1.82) is 0 Å². The first kappa shape index (κ1) is 20.9. The zero-order valence-electron chi connectivity index (χ0n) is 17.9. The van der Waals surface area contributed by atoms with Crippen LogP contribution < -0.4 is 14.5 Å². The minimum absolute atomic E-state index is 0.123. The van der Waals surface area contributed by atoms with Crippen molar-refractivity contribution in [3.63, 3.8) is 0 Å². The molecule has 0 radical (unpaired) electrons. The summed E-state index contributed by atoms with van der Waals surface area (Å²) in [5, 5.41) is 9.40. The van der Waals surface area contributed by atoms with Crippen molar-refractivity contribution in [1.82, 2.24) is 4.90 Å². The van der Waals surface area contributed by atoms with E-state index in [4.69, 9.17) is 4.74 Å². The molecule has 2 aliphatic rings. The highest BCUT2D eigenvalue weighted by atomic mass is 16.5. The predicted molar refractivity (Wildman–Crippen MR) is 120 cm³/mol. The number of likely N-dealkylation sites (N-methyl/N-ethyl adjacent to an activating group) is 1. The van der Waals surface area contributed by atoms with E-state index in [0.717, 1.165) is 18.8 Å². The zero-order valence-corrected chi connectivity index (χ0v) is 17.9. The molecular weight excluding hydrogens is 394 g/mol. The van der Waals surface area contributed by atoms with E-state index in [2.05, 4.69) is 4.90 Å². The Kier molecular flexibility index (Phi) is 5.95. The summed E-state index contributed by atoms with van der Waals surface area (Å²) in [5.74, 6) is -0.0923. The number of hydrogen-bond donors (Lipinski definition) is 1. The van der Waals surface area contributed by atoms with Crippen molar-refractivity contribution in [2.75, 3.05) is 50.2 Å². The van der Waals surface area contributed by atoms with Crippen LogP contribution in [0.2, 0.25) is 0 Å². The van der Waals surface area contributed by atoms with Gasteiger partial charge in [0.1, 0.15) is 11.4 Å². The third kappa shape index (κ3) is 3.88. The van der Waals surface area contributed by atoms with Gasteiger partial charge in [0.25, 0.3) is 11.8 Å². The monoisotopic (exact) mass is 421 g/mol. The number of benzene rings is 2. The Bertz CT molecular complexity index is 992. The number of imide groups is 1. The Labute approximate surface area is 182 Å². The molecule has 1 N–H and O–H groups in total. The molecule has 2 aromatic rings. The Morgan fingerprint density at radius 3 is 2.13 bits per heavy atom. The van der Waals surface area contributed by atoms with E-state index in [1.807, 2.05) is 24.3 Å². The molecule has 4 rings (SSSR count). The fraction of sp³-hybridized carbons (Fsp3) is 0.333. The summed E-state index contributed by atoms with van der Waals surface area (Å²) < 4.78 is 5.21. The highest BCUT2D eigenvalue weighted by Gasteiger charge is 2.41. The minimum Gasteiger partial charge on any atom is -0.497 e. The maximum Gasteiger partial charge on any atom is 0.282 e. The molecule has 1 saturated heterocycles. The first-order chi connectivity index (χ1) is 15.0. The van der Waals surface area contributed by atoms with Gasteiger partial charge in [-0.05, 0) is 54.8 Å². The van der Waals surface area contributed by atoms with Gasteiger partial charge in [0.05, 0.1) is 25.0 Å². The van der Waals surface area contributed by atoms with Crippen molar-refractivity contribution in [2.45, 2.75) is 12.8 Å². The highest BCUT2D eigenvalue weighted by molar-refractivity contribution is 6.45. The van der Waals surface area contributed by atoms with E-state index in [1.165, 1.54) is 17.7 Å². The van der Waals surface area contributed by atoms with Gasteiger partial charge in [-0.3, -0.25) is 9.59 Å². The van der Waals surface area contributed by atoms with Gasteiger partial charge in [0, 0.05) is 32.4 Å². The Balaban J connectivity index is 1.70. The molecule has 0 aromatic heterocycles. The largest absolute Gasteiger partial charge is 0.497 e. The van der Waals surface area contributed by atoms with Gasteiger partial charge in [-0.15, -0.1) is 0 Å². The summed E-state index contributed by atoms with van der Waals surface area (Å²) in [4.78, 5) is 32.0. The number of ether oxygens (including phenoxy) is 1. The SMILES string of the molecule is COc1ccc(C2=C(N(C)CCO)C(=O)N(c3ccc(N4CCCC4)cc3)C2=O)cc1. The highest BCUT2D eigenvalue weighted by Crippen LogP contribution is 2.35. The normalized spacial score (nSPS) is 16.5. The van der Waals surface area contributed by atoms with Crippen LogP contribution in [-0.2, 0) is 9.59 Å². The van der Waals surface area contributed by atoms with Crippen LogP contribution in [0, 0.1) is 0 Å². The lowest BCUT2D eigenvalue weighted by molar-refractivity contribution is -0.120. The number of nitrogens with zero attached hydrogens (tertiary/aromatic N) is 3. The van der Waals surface area contributed by atoms with E-state index >= 15 is 0 Å². The van der Waals surface area contributed by atoms with Gasteiger partial charge < -0.3 is 19.6 Å². The van der Waals surface area contributed by atoms with E-state index < -0.39 is 0 Å². The Hall–Kier alpha value is -3.32. The van der Waals surface area contributed by atoms with Gasteiger partial charge in [0.2, 0.25) is 0 Å². The molecule has 2 heterocycles. The van der Waals surface area contributed by atoms with Crippen LogP contribution in [0.4, 0.5) is 11.4 Å². The second kappa shape index (κ2) is 8.81. The van der Waals surface area contributed by atoms with E-state index in [1.54, 1.807) is 43.3 Å². The number of carbonyl (C=O) groups is 2. The number of anilines is 2. The topological polar surface area (TPSA) is 73.3 Å². The minimum atomic E-state index is -0.388. The molecule has 7 nitrogen and oxygen atoms in total. The van der Waals surface area contributed by atoms with E-state index in [0.29, 0.717) is 22.6 Å². The number of methoxy groups -OCH3 is 1. The summed E-state index contributed by atoms with van der Waals surface area (Å²) in [5.41, 5.74) is 2.88. The summed E-state index contributed by atoms with van der Waals surface area (Å²) in [6, 6.07) is 14.6. The van der Waals surface area contributed by atoms with Crippen LogP contribution in [0.15, 0.2) is 54.2 Å².